The van der Waals surface area contributed by atoms with Gasteiger partial charge in [0.1, 0.15) is 0 Å². The molecule has 0 aliphatic rings. The average molecular weight is 495 g/mol. The largest absolute Gasteiger partial charge is 0.393 e. The summed E-state index contributed by atoms with van der Waals surface area (Å²) in [6, 6.07) is 21.1. The van der Waals surface area contributed by atoms with Gasteiger partial charge in [-0.05, 0) is 79.2 Å². The molecule has 202 valence electrons. The third kappa shape index (κ3) is 10.4. The number of aliphatic hydroxyl groups is 1. The standard InChI is InChI=1S/C33H54N2O/c1-26(22-27-14-10-8-11-15-27)23-29(36)25-32(20-18-30(2,3)4,24-28-16-12-9-13-17-28)33(34,35)21-19-31(5,6)7/h8-17,26,29,36H,18-25,34-35H2,1-7H3. The Morgan fingerprint density at radius 2 is 1.17 bits per heavy atom. The van der Waals surface area contributed by atoms with E-state index in [1.54, 1.807) is 0 Å². The Morgan fingerprint density at radius 3 is 1.67 bits per heavy atom. The number of rotatable bonds is 13. The summed E-state index contributed by atoms with van der Waals surface area (Å²) in [5.41, 5.74) is 15.9. The van der Waals surface area contributed by atoms with Crippen LogP contribution in [0.3, 0.4) is 0 Å². The molecular formula is C33H54N2O. The monoisotopic (exact) mass is 494 g/mol. The Labute approximate surface area is 222 Å². The lowest BCUT2D eigenvalue weighted by Gasteiger charge is -2.50. The van der Waals surface area contributed by atoms with Crippen LogP contribution in [0.25, 0.3) is 0 Å². The molecule has 2 aromatic rings. The summed E-state index contributed by atoms with van der Waals surface area (Å²) in [6.07, 6.45) is 6.26. The van der Waals surface area contributed by atoms with Crippen molar-refractivity contribution in [2.45, 2.75) is 112 Å². The van der Waals surface area contributed by atoms with Crippen molar-refractivity contribution < 1.29 is 5.11 Å². The van der Waals surface area contributed by atoms with Crippen molar-refractivity contribution in [2.75, 3.05) is 0 Å². The summed E-state index contributed by atoms with van der Waals surface area (Å²) in [6.45, 7) is 15.8. The fourth-order valence-electron chi connectivity index (χ4n) is 5.40. The lowest BCUT2D eigenvalue weighted by atomic mass is 9.61. The van der Waals surface area contributed by atoms with Gasteiger partial charge >= 0.3 is 0 Å². The maximum atomic E-state index is 11.5. The van der Waals surface area contributed by atoms with Crippen molar-refractivity contribution in [3.63, 3.8) is 0 Å². The molecule has 0 amide bonds. The van der Waals surface area contributed by atoms with E-state index in [9.17, 15) is 5.11 Å². The maximum absolute atomic E-state index is 11.5. The van der Waals surface area contributed by atoms with Crippen LogP contribution < -0.4 is 11.5 Å². The summed E-state index contributed by atoms with van der Waals surface area (Å²) < 4.78 is 0. The van der Waals surface area contributed by atoms with Gasteiger partial charge < -0.3 is 16.6 Å². The van der Waals surface area contributed by atoms with Crippen molar-refractivity contribution in [1.29, 1.82) is 0 Å². The second kappa shape index (κ2) is 12.7. The zero-order chi connectivity index (χ0) is 27.0. The Kier molecular flexibility index (Phi) is 10.8. The van der Waals surface area contributed by atoms with Crippen LogP contribution in [0.5, 0.6) is 0 Å². The molecule has 2 aromatic carbocycles. The van der Waals surface area contributed by atoms with Gasteiger partial charge in [-0.3, -0.25) is 0 Å². The Bertz CT molecular complexity index is 879. The van der Waals surface area contributed by atoms with Crippen LogP contribution in [-0.4, -0.2) is 16.9 Å². The second-order valence-corrected chi connectivity index (χ2v) is 14.0. The molecule has 0 heterocycles. The van der Waals surface area contributed by atoms with Crippen LogP contribution >= 0.6 is 0 Å². The first-order valence-corrected chi connectivity index (χ1v) is 13.9. The van der Waals surface area contributed by atoms with E-state index < -0.39 is 17.2 Å². The minimum atomic E-state index is -0.884. The van der Waals surface area contributed by atoms with E-state index in [1.807, 2.05) is 0 Å². The van der Waals surface area contributed by atoms with Crippen molar-refractivity contribution in [1.82, 2.24) is 0 Å². The van der Waals surface area contributed by atoms with Gasteiger partial charge in [-0.1, -0.05) is 109 Å². The first-order chi connectivity index (χ1) is 16.6. The Balaban J connectivity index is 2.36. The molecule has 0 radical (unpaired) electrons. The molecule has 0 spiro atoms. The van der Waals surface area contributed by atoms with Crippen LogP contribution in [-0.2, 0) is 12.8 Å². The van der Waals surface area contributed by atoms with E-state index in [0.717, 1.165) is 44.9 Å². The normalized spacial score (nSPS) is 16.4. The first-order valence-electron chi connectivity index (χ1n) is 13.9. The highest BCUT2D eigenvalue weighted by molar-refractivity contribution is 5.19. The minimum absolute atomic E-state index is 0.148. The molecule has 0 saturated carbocycles. The van der Waals surface area contributed by atoms with Crippen LogP contribution in [0.1, 0.15) is 98.1 Å². The van der Waals surface area contributed by atoms with Crippen molar-refractivity contribution in [2.24, 2.45) is 33.6 Å². The summed E-state index contributed by atoms with van der Waals surface area (Å²) in [5, 5.41) is 11.5. The van der Waals surface area contributed by atoms with Gasteiger partial charge in [0.05, 0.1) is 11.8 Å². The van der Waals surface area contributed by atoms with Crippen LogP contribution in [0.2, 0.25) is 0 Å². The van der Waals surface area contributed by atoms with E-state index in [2.05, 4.69) is 109 Å². The molecular weight excluding hydrogens is 440 g/mol. The summed E-state index contributed by atoms with van der Waals surface area (Å²) in [5.74, 6) is 0.374. The predicted molar refractivity (Wildman–Crippen MR) is 156 cm³/mol. The number of hydrogen-bond acceptors (Lipinski definition) is 3. The van der Waals surface area contributed by atoms with Gasteiger partial charge in [-0.25, -0.2) is 0 Å². The third-order valence-electron chi connectivity index (χ3n) is 7.74. The maximum Gasteiger partial charge on any atom is 0.0698 e. The van der Waals surface area contributed by atoms with Crippen LogP contribution in [0.4, 0.5) is 0 Å². The Hall–Kier alpha value is -1.68. The first kappa shape index (κ1) is 30.5. The van der Waals surface area contributed by atoms with Gasteiger partial charge in [0, 0.05) is 5.41 Å². The van der Waals surface area contributed by atoms with Gasteiger partial charge in [0.25, 0.3) is 0 Å². The zero-order valence-electron chi connectivity index (χ0n) is 24.2. The molecule has 0 saturated heterocycles. The van der Waals surface area contributed by atoms with Gasteiger partial charge in [-0.2, -0.15) is 0 Å². The van der Waals surface area contributed by atoms with E-state index in [1.165, 1.54) is 11.1 Å². The highest BCUT2D eigenvalue weighted by atomic mass is 16.3. The third-order valence-corrected chi connectivity index (χ3v) is 7.74. The van der Waals surface area contributed by atoms with Crippen molar-refractivity contribution in [3.8, 4) is 0 Å². The second-order valence-electron chi connectivity index (χ2n) is 14.0. The molecule has 3 nitrogen and oxygen atoms in total. The Morgan fingerprint density at radius 1 is 0.694 bits per heavy atom. The van der Waals surface area contributed by atoms with Crippen molar-refractivity contribution >= 4 is 0 Å². The highest BCUT2D eigenvalue weighted by Crippen LogP contribution is 2.46. The number of nitrogens with two attached hydrogens (primary N) is 2. The van der Waals surface area contributed by atoms with E-state index in [4.69, 9.17) is 11.5 Å². The molecule has 2 rings (SSSR count). The molecule has 3 atom stereocenters. The molecule has 3 unspecified atom stereocenters. The van der Waals surface area contributed by atoms with Crippen molar-refractivity contribution in [3.05, 3.63) is 71.8 Å². The smallest absolute Gasteiger partial charge is 0.0698 e. The molecule has 36 heavy (non-hydrogen) atoms. The number of benzene rings is 2. The SMILES string of the molecule is CC(Cc1ccccc1)CC(O)CC(CCC(C)(C)C)(Cc1ccccc1)C(N)(N)CCC(C)(C)C. The molecule has 5 N–H and O–H groups in total. The van der Waals surface area contributed by atoms with E-state index in [0.29, 0.717) is 12.3 Å². The molecule has 0 aliphatic carbocycles. The molecule has 0 aromatic heterocycles. The average Bonchev–Trinajstić information content (AvgIpc) is 2.76. The number of aliphatic hydroxyl groups excluding tert-OH is 1. The zero-order valence-corrected chi connectivity index (χ0v) is 24.2. The molecule has 3 heteroatoms. The summed E-state index contributed by atoms with van der Waals surface area (Å²) in [4.78, 5) is 0. The van der Waals surface area contributed by atoms with E-state index >= 15 is 0 Å². The lowest BCUT2D eigenvalue weighted by Crippen LogP contribution is -2.64. The fraction of sp³-hybridized carbons (Fsp3) is 0.636. The highest BCUT2D eigenvalue weighted by Gasteiger charge is 2.47. The summed E-state index contributed by atoms with van der Waals surface area (Å²) in [7, 11) is 0. The predicted octanol–water partition coefficient (Wildman–Crippen LogP) is 7.50. The lowest BCUT2D eigenvalue weighted by molar-refractivity contribution is 0.00538. The van der Waals surface area contributed by atoms with Gasteiger partial charge in [0.15, 0.2) is 0 Å². The van der Waals surface area contributed by atoms with Gasteiger partial charge in [-0.15, -0.1) is 0 Å². The molecule has 0 bridgehead atoms. The summed E-state index contributed by atoms with van der Waals surface area (Å²) >= 11 is 0. The fourth-order valence-corrected chi connectivity index (χ4v) is 5.40. The molecule has 0 fully saturated rings. The molecule has 0 aliphatic heterocycles. The number of hydrogen-bond donors (Lipinski definition) is 3. The quantitative estimate of drug-likeness (QED) is 0.252. The van der Waals surface area contributed by atoms with Gasteiger partial charge in [0.2, 0.25) is 0 Å². The van der Waals surface area contributed by atoms with Crippen LogP contribution in [0.15, 0.2) is 60.7 Å². The topological polar surface area (TPSA) is 72.3 Å². The minimum Gasteiger partial charge on any atom is -0.393 e. The van der Waals surface area contributed by atoms with Crippen LogP contribution in [0, 0.1) is 22.2 Å². The van der Waals surface area contributed by atoms with E-state index in [-0.39, 0.29) is 10.8 Å².